The molecule has 0 heterocycles. The molecule has 0 amide bonds. The van der Waals surface area contributed by atoms with Crippen molar-refractivity contribution in [2.45, 2.75) is 76.3 Å². The molecule has 0 saturated heterocycles. The molecule has 41 heavy (non-hydrogen) atoms. The Morgan fingerprint density at radius 3 is 2.24 bits per heavy atom. The van der Waals surface area contributed by atoms with E-state index < -0.39 is 40.5 Å². The number of hydrogen-bond acceptors (Lipinski definition) is 4. The van der Waals surface area contributed by atoms with Crippen LogP contribution in [0.4, 0.5) is 22.0 Å². The average molecular weight is 602 g/mol. The lowest BCUT2D eigenvalue weighted by atomic mass is 9.89. The minimum absolute atomic E-state index is 0.236. The second kappa shape index (κ2) is 14.6. The van der Waals surface area contributed by atoms with Crippen LogP contribution < -0.4 is 0 Å². The topological polar surface area (TPSA) is 57.6 Å². The van der Waals surface area contributed by atoms with Crippen LogP contribution in [0.5, 0.6) is 5.75 Å². The number of sulfone groups is 1. The number of halogens is 5. The second-order valence-corrected chi connectivity index (χ2v) is 13.2. The smallest absolute Gasteiger partial charge is 0.453 e. The van der Waals surface area contributed by atoms with E-state index in [1.165, 1.54) is 27.8 Å². The van der Waals surface area contributed by atoms with E-state index in [1.807, 2.05) is 30.1 Å². The molecule has 0 atom stereocenters. The van der Waals surface area contributed by atoms with Gasteiger partial charge in [-0.3, -0.25) is 0 Å². The summed E-state index contributed by atoms with van der Waals surface area (Å²) in [4.78, 5) is 2.02. The third-order valence-electron chi connectivity index (χ3n) is 7.60. The molecule has 0 unspecified atom stereocenters. The van der Waals surface area contributed by atoms with Crippen molar-refractivity contribution in [1.82, 2.24) is 4.90 Å². The molecule has 2 aromatic rings. The molecule has 0 aromatic heterocycles. The van der Waals surface area contributed by atoms with Gasteiger partial charge in [0, 0.05) is 6.42 Å². The van der Waals surface area contributed by atoms with Crippen LogP contribution in [0.2, 0.25) is 0 Å². The minimum atomic E-state index is -5.66. The van der Waals surface area contributed by atoms with Crippen molar-refractivity contribution in [3.63, 3.8) is 0 Å². The SMILES string of the molecule is CN(CCCCCC1=C(c2ccccc2)CCCc2cc(O)ccc21)CCCS(=O)(=O)CCCC(F)(F)C(F)(F)F. The maximum Gasteiger partial charge on any atom is 0.453 e. The van der Waals surface area contributed by atoms with Crippen LogP contribution in [0.25, 0.3) is 11.1 Å². The Morgan fingerprint density at radius 1 is 0.854 bits per heavy atom. The lowest BCUT2D eigenvalue weighted by molar-refractivity contribution is -0.284. The number of nitrogens with zero attached hydrogens (tertiary/aromatic N) is 1. The van der Waals surface area contributed by atoms with Crippen molar-refractivity contribution in [1.29, 1.82) is 0 Å². The van der Waals surface area contributed by atoms with E-state index in [2.05, 4.69) is 24.3 Å². The fourth-order valence-electron chi connectivity index (χ4n) is 5.38. The van der Waals surface area contributed by atoms with Gasteiger partial charge in [-0.25, -0.2) is 8.42 Å². The number of benzene rings is 2. The summed E-state index contributed by atoms with van der Waals surface area (Å²) in [5.41, 5.74) is 6.30. The second-order valence-electron chi connectivity index (χ2n) is 10.9. The van der Waals surface area contributed by atoms with Gasteiger partial charge in [0.25, 0.3) is 0 Å². The fourth-order valence-corrected chi connectivity index (χ4v) is 6.74. The first-order valence-corrected chi connectivity index (χ1v) is 16.0. The minimum Gasteiger partial charge on any atom is -0.508 e. The zero-order valence-corrected chi connectivity index (χ0v) is 24.3. The van der Waals surface area contributed by atoms with Gasteiger partial charge in [0.05, 0.1) is 11.5 Å². The number of rotatable bonds is 15. The molecule has 1 aliphatic rings. The molecule has 0 spiro atoms. The van der Waals surface area contributed by atoms with Gasteiger partial charge in [-0.05, 0) is 111 Å². The Bertz CT molecular complexity index is 1260. The number of alkyl halides is 5. The third kappa shape index (κ3) is 10.1. The van der Waals surface area contributed by atoms with E-state index in [9.17, 15) is 35.5 Å². The first-order chi connectivity index (χ1) is 19.3. The van der Waals surface area contributed by atoms with Gasteiger partial charge < -0.3 is 10.0 Å². The Hall–Kier alpha value is -2.46. The number of unbranched alkanes of at least 4 members (excludes halogenated alkanes) is 2. The lowest BCUT2D eigenvalue weighted by Gasteiger charge is -2.19. The predicted molar refractivity (Wildman–Crippen MR) is 154 cm³/mol. The monoisotopic (exact) mass is 601 g/mol. The summed E-state index contributed by atoms with van der Waals surface area (Å²) in [7, 11) is -1.80. The van der Waals surface area contributed by atoms with Crippen LogP contribution in [0.15, 0.2) is 48.5 Å². The summed E-state index contributed by atoms with van der Waals surface area (Å²) < 4.78 is 86.9. The van der Waals surface area contributed by atoms with Crippen molar-refractivity contribution < 1.29 is 35.5 Å². The first kappa shape index (κ1) is 33.0. The zero-order valence-electron chi connectivity index (χ0n) is 23.5. The Labute approximate surface area is 240 Å². The van der Waals surface area contributed by atoms with E-state index in [1.54, 1.807) is 6.07 Å². The fraction of sp³-hybridized carbons (Fsp3) is 0.548. The number of hydrogen-bond donors (Lipinski definition) is 1. The molecule has 0 aliphatic heterocycles. The highest BCUT2D eigenvalue weighted by Gasteiger charge is 2.56. The summed E-state index contributed by atoms with van der Waals surface area (Å²) in [5, 5.41) is 10.0. The van der Waals surface area contributed by atoms with Gasteiger partial charge >= 0.3 is 12.1 Å². The van der Waals surface area contributed by atoms with E-state index in [4.69, 9.17) is 0 Å². The number of fused-ring (bicyclic) bond motifs is 1. The highest BCUT2D eigenvalue weighted by Crippen LogP contribution is 2.40. The number of aromatic hydroxyl groups is 1. The Morgan fingerprint density at radius 2 is 1.54 bits per heavy atom. The van der Waals surface area contributed by atoms with Crippen LogP contribution in [0.1, 0.15) is 74.5 Å². The molecule has 0 saturated carbocycles. The van der Waals surface area contributed by atoms with Gasteiger partial charge in [0.15, 0.2) is 0 Å². The molecule has 1 N–H and O–H groups in total. The first-order valence-electron chi connectivity index (χ1n) is 14.2. The quantitative estimate of drug-likeness (QED) is 0.167. The van der Waals surface area contributed by atoms with Crippen LogP contribution in [-0.4, -0.2) is 62.2 Å². The molecule has 0 fully saturated rings. The van der Waals surface area contributed by atoms with Crippen LogP contribution >= 0.6 is 0 Å². The number of phenols is 1. The van der Waals surface area contributed by atoms with E-state index >= 15 is 0 Å². The Kier molecular flexibility index (Phi) is 11.8. The van der Waals surface area contributed by atoms with Crippen molar-refractivity contribution >= 4 is 21.0 Å². The molecule has 0 radical (unpaired) electrons. The number of allylic oxidation sites excluding steroid dienone is 2. The van der Waals surface area contributed by atoms with Crippen molar-refractivity contribution in [2.24, 2.45) is 0 Å². The molecule has 0 bridgehead atoms. The van der Waals surface area contributed by atoms with Gasteiger partial charge in [-0.2, -0.15) is 22.0 Å². The summed E-state index contributed by atoms with van der Waals surface area (Å²) in [6.45, 7) is 1.27. The molecular formula is C31H40F5NO3S. The van der Waals surface area contributed by atoms with E-state index in [-0.39, 0.29) is 11.5 Å². The lowest BCUT2D eigenvalue weighted by Crippen LogP contribution is -2.36. The molecule has 10 heteroatoms. The molecule has 3 rings (SSSR count). The standard InChI is InChI=1S/C31H40F5NO3S/c1-37(20-10-22-41(39,40)21-9-18-30(32,33)31(34,35)36)19-7-3-6-14-29-27(24-11-4-2-5-12-24)15-8-13-25-23-26(38)16-17-28(25)29/h2,4-5,11-12,16-17,23,38H,3,6-10,13-15,18-22H2,1H3. The average Bonchev–Trinajstić information content (AvgIpc) is 3.07. The van der Waals surface area contributed by atoms with E-state index in [0.717, 1.165) is 51.5 Å². The molecule has 2 aromatic carbocycles. The Balaban J connectivity index is 1.45. The largest absolute Gasteiger partial charge is 0.508 e. The highest BCUT2D eigenvalue weighted by molar-refractivity contribution is 7.91. The number of aryl methyl sites for hydroxylation is 1. The summed E-state index contributed by atoms with van der Waals surface area (Å²) in [6, 6.07) is 16.1. The normalized spacial score (nSPS) is 14.8. The van der Waals surface area contributed by atoms with Gasteiger partial charge in [-0.1, -0.05) is 42.8 Å². The predicted octanol–water partition coefficient (Wildman–Crippen LogP) is 7.91. The highest BCUT2D eigenvalue weighted by atomic mass is 32.2. The molecule has 4 nitrogen and oxygen atoms in total. The third-order valence-corrected chi connectivity index (χ3v) is 9.42. The van der Waals surface area contributed by atoms with Crippen molar-refractivity contribution in [3.8, 4) is 5.75 Å². The van der Waals surface area contributed by atoms with Gasteiger partial charge in [-0.15, -0.1) is 0 Å². The molecule has 1 aliphatic carbocycles. The van der Waals surface area contributed by atoms with Gasteiger partial charge in [0.2, 0.25) is 0 Å². The maximum atomic E-state index is 13.0. The zero-order chi connectivity index (χ0) is 30.1. The van der Waals surface area contributed by atoms with E-state index in [0.29, 0.717) is 13.0 Å². The molecular weight excluding hydrogens is 561 g/mol. The van der Waals surface area contributed by atoms with Crippen molar-refractivity contribution in [3.05, 3.63) is 65.2 Å². The molecule has 228 valence electrons. The maximum absolute atomic E-state index is 13.0. The van der Waals surface area contributed by atoms with Crippen molar-refractivity contribution in [2.75, 3.05) is 31.6 Å². The van der Waals surface area contributed by atoms with Crippen LogP contribution in [0.3, 0.4) is 0 Å². The van der Waals surface area contributed by atoms with Crippen LogP contribution in [-0.2, 0) is 16.3 Å². The summed E-state index contributed by atoms with van der Waals surface area (Å²) >= 11 is 0. The number of phenolic OH excluding ortho intramolecular Hbond substituents is 1. The van der Waals surface area contributed by atoms with Gasteiger partial charge in [0.1, 0.15) is 15.6 Å². The van der Waals surface area contributed by atoms with Crippen LogP contribution in [0, 0.1) is 0 Å². The summed E-state index contributed by atoms with van der Waals surface area (Å²) in [5.74, 6) is -5.50. The summed E-state index contributed by atoms with van der Waals surface area (Å²) in [6.07, 6.45) is -0.891.